The van der Waals surface area contributed by atoms with Crippen molar-refractivity contribution < 1.29 is 0 Å². The highest BCUT2D eigenvalue weighted by Crippen LogP contribution is 2.41. The van der Waals surface area contributed by atoms with E-state index >= 15 is 0 Å². The van der Waals surface area contributed by atoms with Gasteiger partial charge in [0.15, 0.2) is 0 Å². The predicted octanol–water partition coefficient (Wildman–Crippen LogP) is 4.67. The highest BCUT2D eigenvalue weighted by atomic mass is 14.3. The van der Waals surface area contributed by atoms with Gasteiger partial charge in [-0.05, 0) is 31.1 Å². The third-order valence-corrected chi connectivity index (χ3v) is 3.32. The van der Waals surface area contributed by atoms with Crippen LogP contribution < -0.4 is 0 Å². The van der Waals surface area contributed by atoms with Gasteiger partial charge in [0.05, 0.1) is 0 Å². The first kappa shape index (κ1) is 12.0. The third kappa shape index (κ3) is 2.95. The fraction of sp³-hybridized carbons (Fsp3) is 0.467. The van der Waals surface area contributed by atoms with E-state index in [0.717, 1.165) is 12.8 Å². The Labute approximate surface area is 94.1 Å². The molecule has 0 nitrogen and oxygen atoms in total. The molecule has 0 saturated carbocycles. The van der Waals surface area contributed by atoms with Gasteiger partial charge in [-0.25, -0.2) is 0 Å². The van der Waals surface area contributed by atoms with Gasteiger partial charge in [0, 0.05) is 0 Å². The van der Waals surface area contributed by atoms with Gasteiger partial charge in [-0.1, -0.05) is 62.5 Å². The molecule has 0 aromatic rings. The number of hydrogen-bond acceptors (Lipinski definition) is 0. The molecule has 1 aliphatic rings. The molecule has 0 fully saturated rings. The lowest BCUT2D eigenvalue weighted by Crippen LogP contribution is -2.25. The van der Waals surface area contributed by atoms with Crippen molar-refractivity contribution in [3.8, 4) is 0 Å². The van der Waals surface area contributed by atoms with Gasteiger partial charge in [0.25, 0.3) is 0 Å². The monoisotopic (exact) mass is 202 g/mol. The molecule has 1 aliphatic carbocycles. The molecule has 1 atom stereocenters. The van der Waals surface area contributed by atoms with Gasteiger partial charge < -0.3 is 0 Å². The summed E-state index contributed by atoms with van der Waals surface area (Å²) in [5.74, 6) is 0.567. The fourth-order valence-electron chi connectivity index (χ4n) is 2.16. The average Bonchev–Trinajstić information content (AvgIpc) is 2.15. The first-order valence-electron chi connectivity index (χ1n) is 5.62. The van der Waals surface area contributed by atoms with Crippen LogP contribution in [0.5, 0.6) is 0 Å². The zero-order chi connectivity index (χ0) is 11.5. The molecular formula is C15H22. The van der Waals surface area contributed by atoms with E-state index in [4.69, 9.17) is 0 Å². The summed E-state index contributed by atoms with van der Waals surface area (Å²) in [6.45, 7) is 14.6. The molecule has 0 heterocycles. The summed E-state index contributed by atoms with van der Waals surface area (Å²) in [7, 11) is 0. The minimum Gasteiger partial charge on any atom is -0.0992 e. The summed E-state index contributed by atoms with van der Waals surface area (Å²) in [4.78, 5) is 0. The Morgan fingerprint density at radius 3 is 2.80 bits per heavy atom. The van der Waals surface area contributed by atoms with Crippen molar-refractivity contribution in [3.05, 3.63) is 48.6 Å². The zero-order valence-electron chi connectivity index (χ0n) is 10.2. The van der Waals surface area contributed by atoms with E-state index in [2.05, 4.69) is 52.2 Å². The van der Waals surface area contributed by atoms with Gasteiger partial charge in [0.1, 0.15) is 0 Å². The van der Waals surface area contributed by atoms with Gasteiger partial charge >= 0.3 is 0 Å². The molecule has 0 N–H and O–H groups in total. The van der Waals surface area contributed by atoms with E-state index in [-0.39, 0.29) is 5.41 Å². The first-order valence-corrected chi connectivity index (χ1v) is 5.62. The Hall–Kier alpha value is -1.04. The minimum absolute atomic E-state index is 0.243. The molecular weight excluding hydrogens is 180 g/mol. The number of hydrogen-bond donors (Lipinski definition) is 0. The van der Waals surface area contributed by atoms with E-state index in [1.54, 1.807) is 0 Å². The Morgan fingerprint density at radius 1 is 1.60 bits per heavy atom. The van der Waals surface area contributed by atoms with Crippen LogP contribution in [0.15, 0.2) is 48.6 Å². The van der Waals surface area contributed by atoms with Crippen LogP contribution in [0.25, 0.3) is 0 Å². The largest absolute Gasteiger partial charge is 0.0992 e. The third-order valence-electron chi connectivity index (χ3n) is 3.32. The Kier molecular flexibility index (Phi) is 3.73. The van der Waals surface area contributed by atoms with Gasteiger partial charge in [-0.15, -0.1) is 0 Å². The number of rotatable bonds is 3. The Bertz CT molecular complexity index is 313. The quantitative estimate of drug-likeness (QED) is 0.461. The lowest BCUT2D eigenvalue weighted by Gasteiger charge is -2.36. The summed E-state index contributed by atoms with van der Waals surface area (Å²) >= 11 is 0. The zero-order valence-corrected chi connectivity index (χ0v) is 10.2. The molecule has 0 unspecified atom stereocenters. The summed E-state index contributed by atoms with van der Waals surface area (Å²) < 4.78 is 0. The highest BCUT2D eigenvalue weighted by molar-refractivity contribution is 5.23. The van der Waals surface area contributed by atoms with Crippen molar-refractivity contribution >= 4 is 0 Å². The molecule has 0 amide bonds. The van der Waals surface area contributed by atoms with Crippen LogP contribution in [0.2, 0.25) is 0 Å². The molecule has 0 aromatic heterocycles. The molecule has 1 rings (SSSR count). The molecule has 0 spiro atoms. The van der Waals surface area contributed by atoms with Crippen LogP contribution in [0.1, 0.15) is 33.6 Å². The van der Waals surface area contributed by atoms with E-state index in [0.29, 0.717) is 5.92 Å². The fourth-order valence-corrected chi connectivity index (χ4v) is 2.16. The first-order chi connectivity index (χ1) is 6.97. The topological polar surface area (TPSA) is 0 Å². The van der Waals surface area contributed by atoms with Crippen LogP contribution in [-0.2, 0) is 0 Å². The minimum atomic E-state index is 0.243. The second kappa shape index (κ2) is 4.65. The lowest BCUT2D eigenvalue weighted by molar-refractivity contribution is 0.315. The van der Waals surface area contributed by atoms with Crippen molar-refractivity contribution in [2.45, 2.75) is 33.6 Å². The highest BCUT2D eigenvalue weighted by Gasteiger charge is 2.30. The Balaban J connectivity index is 2.79. The molecule has 0 aliphatic heterocycles. The van der Waals surface area contributed by atoms with Crippen LogP contribution in [0, 0.1) is 11.3 Å². The van der Waals surface area contributed by atoms with Crippen molar-refractivity contribution in [2.24, 2.45) is 11.3 Å². The van der Waals surface area contributed by atoms with Crippen LogP contribution in [0.4, 0.5) is 0 Å². The number of allylic oxidation sites excluding steroid dienone is 6. The lowest BCUT2D eigenvalue weighted by atomic mass is 9.69. The maximum atomic E-state index is 4.19. The summed E-state index contributed by atoms with van der Waals surface area (Å²) in [5.41, 5.74) is 2.86. The van der Waals surface area contributed by atoms with Crippen molar-refractivity contribution in [1.29, 1.82) is 0 Å². The summed E-state index contributed by atoms with van der Waals surface area (Å²) in [6, 6.07) is 0. The van der Waals surface area contributed by atoms with E-state index in [1.165, 1.54) is 11.1 Å². The van der Waals surface area contributed by atoms with E-state index < -0.39 is 0 Å². The predicted molar refractivity (Wildman–Crippen MR) is 68.7 cm³/mol. The second-order valence-electron chi connectivity index (χ2n) is 5.03. The molecule has 0 heteroatoms. The van der Waals surface area contributed by atoms with Gasteiger partial charge in [-0.3, -0.25) is 0 Å². The smallest absolute Gasteiger partial charge is 0.00821 e. The van der Waals surface area contributed by atoms with Crippen molar-refractivity contribution in [1.82, 2.24) is 0 Å². The molecule has 0 radical (unpaired) electrons. The summed E-state index contributed by atoms with van der Waals surface area (Å²) in [5, 5.41) is 0. The van der Waals surface area contributed by atoms with E-state index in [9.17, 15) is 0 Å². The van der Waals surface area contributed by atoms with Crippen LogP contribution >= 0.6 is 0 Å². The average molecular weight is 202 g/mol. The molecule has 15 heavy (non-hydrogen) atoms. The van der Waals surface area contributed by atoms with Gasteiger partial charge in [-0.2, -0.15) is 0 Å². The van der Waals surface area contributed by atoms with Crippen molar-refractivity contribution in [3.63, 3.8) is 0 Å². The molecule has 0 aromatic carbocycles. The maximum absolute atomic E-state index is 4.19. The summed E-state index contributed by atoms with van der Waals surface area (Å²) in [6.07, 6.45) is 10.9. The molecule has 82 valence electrons. The molecule has 0 saturated heterocycles. The van der Waals surface area contributed by atoms with Crippen molar-refractivity contribution in [2.75, 3.05) is 0 Å². The normalized spacial score (nSPS) is 25.4. The Morgan fingerprint density at radius 2 is 2.27 bits per heavy atom. The SMILES string of the molecule is C=C/C(C)=C\C[C@@H]1C(=C)CC=CC1(C)C. The standard InChI is InChI=1S/C15H22/c1-6-12(2)9-10-14-13(3)8-7-11-15(14,4)5/h6-7,9,11,14H,1,3,8,10H2,2,4-5H3/b12-9-/t14-/m1/s1. The second-order valence-corrected chi connectivity index (χ2v) is 5.03. The van der Waals surface area contributed by atoms with Crippen LogP contribution in [0.3, 0.4) is 0 Å². The van der Waals surface area contributed by atoms with Gasteiger partial charge in [0.2, 0.25) is 0 Å². The van der Waals surface area contributed by atoms with Crippen LogP contribution in [-0.4, -0.2) is 0 Å². The maximum Gasteiger partial charge on any atom is -0.00821 e. The van der Waals surface area contributed by atoms with E-state index in [1.807, 2.05) is 6.08 Å². The molecule has 0 bridgehead atoms.